The Morgan fingerprint density at radius 1 is 1.37 bits per heavy atom. The lowest BCUT2D eigenvalue weighted by atomic mass is 9.98. The van der Waals surface area contributed by atoms with Gasteiger partial charge in [0.05, 0.1) is 11.7 Å². The van der Waals surface area contributed by atoms with E-state index in [2.05, 4.69) is 17.3 Å². The fourth-order valence-electron chi connectivity index (χ4n) is 2.17. The molecule has 1 heterocycles. The third-order valence-corrected chi connectivity index (χ3v) is 3.18. The Morgan fingerprint density at radius 3 is 2.79 bits per heavy atom. The van der Waals surface area contributed by atoms with Crippen molar-refractivity contribution in [3.05, 3.63) is 53.1 Å². The van der Waals surface area contributed by atoms with Gasteiger partial charge in [0, 0.05) is 13.2 Å². The Morgan fingerprint density at radius 2 is 2.16 bits per heavy atom. The van der Waals surface area contributed by atoms with E-state index in [-0.39, 0.29) is 11.9 Å². The van der Waals surface area contributed by atoms with Gasteiger partial charge in [-0.05, 0) is 49.2 Å². The number of hydrogen-bond donors (Lipinski definition) is 1. The Labute approximate surface area is 113 Å². The standard InChI is InChI=1S/C15H20FN3/c1-4-8-17-15(14-7-9-19(3)18-14)13-10-12(16)6-5-11(13)2/h5-7,9-10,15,17H,4,8H2,1-3H3. The molecule has 1 aromatic heterocycles. The van der Waals surface area contributed by atoms with Crippen LogP contribution in [0.4, 0.5) is 4.39 Å². The zero-order valence-corrected chi connectivity index (χ0v) is 11.7. The summed E-state index contributed by atoms with van der Waals surface area (Å²) in [5.74, 6) is -0.208. The van der Waals surface area contributed by atoms with Gasteiger partial charge in [0.15, 0.2) is 0 Å². The number of aromatic nitrogens is 2. The highest BCUT2D eigenvalue weighted by atomic mass is 19.1. The van der Waals surface area contributed by atoms with Crippen molar-refractivity contribution in [2.45, 2.75) is 26.3 Å². The van der Waals surface area contributed by atoms with Crippen LogP contribution in [-0.4, -0.2) is 16.3 Å². The number of benzene rings is 1. The van der Waals surface area contributed by atoms with E-state index in [1.807, 2.05) is 32.3 Å². The number of halogens is 1. The molecule has 0 saturated carbocycles. The average Bonchev–Trinajstić information content (AvgIpc) is 2.80. The lowest BCUT2D eigenvalue weighted by Crippen LogP contribution is -2.24. The predicted molar refractivity (Wildman–Crippen MR) is 74.5 cm³/mol. The van der Waals surface area contributed by atoms with E-state index >= 15 is 0 Å². The van der Waals surface area contributed by atoms with Gasteiger partial charge in [-0.1, -0.05) is 13.0 Å². The summed E-state index contributed by atoms with van der Waals surface area (Å²) < 4.78 is 15.3. The molecule has 19 heavy (non-hydrogen) atoms. The monoisotopic (exact) mass is 261 g/mol. The van der Waals surface area contributed by atoms with Crippen molar-refractivity contribution < 1.29 is 4.39 Å². The Hall–Kier alpha value is -1.68. The molecule has 0 radical (unpaired) electrons. The van der Waals surface area contributed by atoms with Gasteiger partial charge >= 0.3 is 0 Å². The number of nitrogens with zero attached hydrogens (tertiary/aromatic N) is 2. The summed E-state index contributed by atoms with van der Waals surface area (Å²) in [4.78, 5) is 0. The summed E-state index contributed by atoms with van der Waals surface area (Å²) in [5.41, 5.74) is 2.94. The van der Waals surface area contributed by atoms with Gasteiger partial charge in [-0.2, -0.15) is 5.10 Å². The Bertz CT molecular complexity index is 548. The maximum absolute atomic E-state index is 13.5. The SMILES string of the molecule is CCCNC(c1ccn(C)n1)c1cc(F)ccc1C. The molecule has 4 heteroatoms. The quantitative estimate of drug-likeness (QED) is 0.896. The van der Waals surface area contributed by atoms with Crippen LogP contribution in [0, 0.1) is 12.7 Å². The van der Waals surface area contributed by atoms with Crippen LogP contribution >= 0.6 is 0 Å². The van der Waals surface area contributed by atoms with Crippen molar-refractivity contribution in [3.8, 4) is 0 Å². The molecular weight excluding hydrogens is 241 g/mol. The molecule has 1 atom stereocenters. The van der Waals surface area contributed by atoms with Gasteiger partial charge in [0.1, 0.15) is 5.82 Å². The van der Waals surface area contributed by atoms with Gasteiger partial charge in [0.2, 0.25) is 0 Å². The zero-order valence-electron chi connectivity index (χ0n) is 11.7. The fraction of sp³-hybridized carbons (Fsp3) is 0.400. The molecular formula is C15H20FN3. The minimum Gasteiger partial charge on any atom is -0.305 e. The van der Waals surface area contributed by atoms with Crippen LogP contribution in [0.5, 0.6) is 0 Å². The van der Waals surface area contributed by atoms with E-state index in [1.54, 1.807) is 10.7 Å². The highest BCUT2D eigenvalue weighted by Gasteiger charge is 2.18. The van der Waals surface area contributed by atoms with E-state index in [1.165, 1.54) is 6.07 Å². The second-order valence-electron chi connectivity index (χ2n) is 4.80. The topological polar surface area (TPSA) is 29.9 Å². The van der Waals surface area contributed by atoms with Crippen LogP contribution in [0.2, 0.25) is 0 Å². The summed E-state index contributed by atoms with van der Waals surface area (Å²) in [5, 5.41) is 7.88. The van der Waals surface area contributed by atoms with Crippen molar-refractivity contribution in [1.82, 2.24) is 15.1 Å². The molecule has 3 nitrogen and oxygen atoms in total. The zero-order chi connectivity index (χ0) is 13.8. The van der Waals surface area contributed by atoms with Crippen LogP contribution in [-0.2, 0) is 7.05 Å². The van der Waals surface area contributed by atoms with Crippen LogP contribution in [0.1, 0.15) is 36.2 Å². The molecule has 0 fully saturated rings. The number of aryl methyl sites for hydroxylation is 2. The van der Waals surface area contributed by atoms with Crippen molar-refractivity contribution in [2.75, 3.05) is 6.54 Å². The second kappa shape index (κ2) is 5.97. The number of hydrogen-bond acceptors (Lipinski definition) is 2. The maximum atomic E-state index is 13.5. The van der Waals surface area contributed by atoms with Crippen LogP contribution in [0.3, 0.4) is 0 Å². The smallest absolute Gasteiger partial charge is 0.123 e. The molecule has 2 aromatic rings. The molecule has 0 bridgehead atoms. The minimum atomic E-state index is -0.208. The van der Waals surface area contributed by atoms with Crippen molar-refractivity contribution in [2.24, 2.45) is 7.05 Å². The van der Waals surface area contributed by atoms with Crippen LogP contribution in [0.25, 0.3) is 0 Å². The van der Waals surface area contributed by atoms with E-state index < -0.39 is 0 Å². The minimum absolute atomic E-state index is 0.0585. The molecule has 0 amide bonds. The molecule has 1 N–H and O–H groups in total. The first-order valence-corrected chi connectivity index (χ1v) is 6.60. The number of nitrogens with one attached hydrogen (secondary N) is 1. The summed E-state index contributed by atoms with van der Waals surface area (Å²) in [6, 6.07) is 6.81. The van der Waals surface area contributed by atoms with Crippen LogP contribution in [0.15, 0.2) is 30.5 Å². The van der Waals surface area contributed by atoms with E-state index in [4.69, 9.17) is 0 Å². The molecule has 102 valence electrons. The lowest BCUT2D eigenvalue weighted by molar-refractivity contribution is 0.565. The largest absolute Gasteiger partial charge is 0.305 e. The molecule has 1 aromatic carbocycles. The summed E-state index contributed by atoms with van der Waals surface area (Å²) >= 11 is 0. The van der Waals surface area contributed by atoms with Gasteiger partial charge < -0.3 is 5.32 Å². The fourth-order valence-corrected chi connectivity index (χ4v) is 2.17. The maximum Gasteiger partial charge on any atom is 0.123 e. The first-order chi connectivity index (χ1) is 9.11. The molecule has 2 rings (SSSR count). The van der Waals surface area contributed by atoms with Gasteiger partial charge in [-0.3, -0.25) is 4.68 Å². The molecule has 0 aliphatic carbocycles. The third-order valence-electron chi connectivity index (χ3n) is 3.18. The normalized spacial score (nSPS) is 12.6. The van der Waals surface area contributed by atoms with Crippen molar-refractivity contribution in [3.63, 3.8) is 0 Å². The highest BCUT2D eigenvalue weighted by Crippen LogP contribution is 2.24. The molecule has 0 saturated heterocycles. The van der Waals surface area contributed by atoms with Crippen molar-refractivity contribution >= 4 is 0 Å². The first-order valence-electron chi connectivity index (χ1n) is 6.60. The van der Waals surface area contributed by atoms with E-state index in [0.29, 0.717) is 0 Å². The predicted octanol–water partition coefficient (Wildman–Crippen LogP) is 2.96. The summed E-state index contributed by atoms with van der Waals surface area (Å²) in [6.45, 7) is 4.98. The highest BCUT2D eigenvalue weighted by molar-refractivity contribution is 5.34. The third kappa shape index (κ3) is 3.20. The van der Waals surface area contributed by atoms with E-state index in [0.717, 1.165) is 29.8 Å². The average molecular weight is 261 g/mol. The lowest BCUT2D eigenvalue weighted by Gasteiger charge is -2.19. The summed E-state index contributed by atoms with van der Waals surface area (Å²) in [7, 11) is 1.89. The van der Waals surface area contributed by atoms with Gasteiger partial charge in [-0.25, -0.2) is 4.39 Å². The first kappa shape index (κ1) is 13.7. The Kier molecular flexibility index (Phi) is 4.32. The molecule has 1 unspecified atom stereocenters. The van der Waals surface area contributed by atoms with Crippen molar-refractivity contribution in [1.29, 1.82) is 0 Å². The molecule has 0 spiro atoms. The van der Waals surface area contributed by atoms with Crippen LogP contribution < -0.4 is 5.32 Å². The second-order valence-corrected chi connectivity index (χ2v) is 4.80. The number of rotatable bonds is 5. The summed E-state index contributed by atoms with van der Waals surface area (Å²) in [6.07, 6.45) is 2.93. The van der Waals surface area contributed by atoms with E-state index in [9.17, 15) is 4.39 Å². The Balaban J connectivity index is 2.39. The molecule has 0 aliphatic heterocycles. The van der Waals surface area contributed by atoms with Gasteiger partial charge in [-0.15, -0.1) is 0 Å². The van der Waals surface area contributed by atoms with Gasteiger partial charge in [0.25, 0.3) is 0 Å². The molecule has 0 aliphatic rings.